The van der Waals surface area contributed by atoms with Crippen LogP contribution in [-0.2, 0) is 0 Å². The maximum atomic E-state index is 10.0. The van der Waals surface area contributed by atoms with Crippen LogP contribution in [0.15, 0.2) is 65.2 Å². The number of hydrogen-bond acceptors (Lipinski definition) is 6. The molecule has 4 rings (SSSR count). The summed E-state index contributed by atoms with van der Waals surface area (Å²) in [4.78, 5) is 8.92. The number of nitrogens with zero attached hydrogens (tertiary/aromatic N) is 4. The van der Waals surface area contributed by atoms with Gasteiger partial charge in [0, 0.05) is 14.0 Å². The molecule has 0 saturated carbocycles. The van der Waals surface area contributed by atoms with Crippen molar-refractivity contribution < 1.29 is 12.4 Å². The van der Waals surface area contributed by atoms with E-state index < -0.39 is 0 Å². The summed E-state index contributed by atoms with van der Waals surface area (Å²) in [5.41, 5.74) is 3.14. The minimum atomic E-state index is 0. The van der Waals surface area contributed by atoms with Gasteiger partial charge in [-0.1, -0.05) is 30.3 Å². The van der Waals surface area contributed by atoms with Gasteiger partial charge >= 0.3 is 0 Å². The van der Waals surface area contributed by atoms with Crippen molar-refractivity contribution in [3.05, 3.63) is 66.5 Å². The molecule has 0 saturated heterocycles. The highest BCUT2D eigenvalue weighted by Gasteiger charge is 2.16. The Morgan fingerprint density at radius 3 is 2.44 bits per heavy atom. The number of phenolic OH excluding ortho intramolecular Hbond substituents is 1. The highest BCUT2D eigenvalue weighted by molar-refractivity contribution is 5.68. The van der Waals surface area contributed by atoms with E-state index in [9.17, 15) is 5.11 Å². The van der Waals surface area contributed by atoms with Crippen LogP contribution in [0.4, 0.5) is 0 Å². The van der Waals surface area contributed by atoms with Crippen LogP contribution < -0.4 is 0 Å². The number of aromatic hydroxyl groups is 1. The molecule has 4 aromatic rings. The third-order valence-corrected chi connectivity index (χ3v) is 3.78. The van der Waals surface area contributed by atoms with Crippen molar-refractivity contribution in [3.63, 3.8) is 0 Å². The molecule has 0 unspecified atom stereocenters. The van der Waals surface area contributed by atoms with Gasteiger partial charge in [-0.15, -0.1) is 10.2 Å². The molecular formula is C19H18N4O2. The molecule has 2 aromatic heterocycles. The minimum Gasteiger partial charge on any atom is -0.507 e. The van der Waals surface area contributed by atoms with Gasteiger partial charge in [0.25, 0.3) is 5.89 Å². The zero-order chi connectivity index (χ0) is 17.2. The molecule has 25 heavy (non-hydrogen) atoms. The van der Waals surface area contributed by atoms with Crippen molar-refractivity contribution in [3.8, 4) is 40.0 Å². The zero-order valence-electron chi connectivity index (χ0n) is 13.4. The third kappa shape index (κ3) is 2.85. The van der Waals surface area contributed by atoms with E-state index in [0.717, 1.165) is 5.56 Å². The van der Waals surface area contributed by atoms with E-state index >= 15 is 0 Å². The van der Waals surface area contributed by atoms with Crippen LogP contribution in [0.5, 0.6) is 5.75 Å². The summed E-state index contributed by atoms with van der Waals surface area (Å²) in [5, 5.41) is 18.2. The molecule has 126 valence electrons. The Labute approximate surface area is 146 Å². The van der Waals surface area contributed by atoms with E-state index in [2.05, 4.69) is 20.2 Å². The molecular weight excluding hydrogens is 316 g/mol. The molecule has 0 radical (unpaired) electrons. The summed E-state index contributed by atoms with van der Waals surface area (Å²) >= 11 is 0. The average Bonchev–Trinajstić information content (AvgIpc) is 3.13. The Morgan fingerprint density at radius 2 is 1.64 bits per heavy atom. The summed E-state index contributed by atoms with van der Waals surface area (Å²) < 4.78 is 5.77. The first-order valence-corrected chi connectivity index (χ1v) is 7.73. The Kier molecular flexibility index (Phi) is 3.70. The van der Waals surface area contributed by atoms with Gasteiger partial charge in [-0.25, -0.2) is 4.98 Å². The fourth-order valence-electron chi connectivity index (χ4n) is 2.49. The Morgan fingerprint density at radius 1 is 0.920 bits per heavy atom. The highest BCUT2D eigenvalue weighted by atomic mass is 16.4. The van der Waals surface area contributed by atoms with E-state index in [4.69, 9.17) is 4.42 Å². The largest absolute Gasteiger partial charge is 0.507 e. The van der Waals surface area contributed by atoms with Crippen LogP contribution in [0.2, 0.25) is 0 Å². The van der Waals surface area contributed by atoms with Gasteiger partial charge < -0.3 is 9.52 Å². The van der Waals surface area contributed by atoms with Crippen molar-refractivity contribution in [2.75, 3.05) is 0 Å². The molecule has 0 aliphatic heterocycles. The fourth-order valence-corrected chi connectivity index (χ4v) is 2.49. The van der Waals surface area contributed by atoms with Crippen molar-refractivity contribution in [2.45, 2.75) is 6.92 Å². The van der Waals surface area contributed by atoms with Gasteiger partial charge in [-0.3, -0.25) is 4.98 Å². The minimum absolute atomic E-state index is 0. The molecule has 0 spiro atoms. The van der Waals surface area contributed by atoms with Crippen LogP contribution in [-0.4, -0.2) is 25.3 Å². The predicted molar refractivity (Wildman–Crippen MR) is 96.8 cm³/mol. The van der Waals surface area contributed by atoms with Crippen LogP contribution >= 0.6 is 0 Å². The van der Waals surface area contributed by atoms with Crippen molar-refractivity contribution in [2.24, 2.45) is 0 Å². The lowest BCUT2D eigenvalue weighted by atomic mass is 10.1. The lowest BCUT2D eigenvalue weighted by Gasteiger charge is -2.06. The van der Waals surface area contributed by atoms with Gasteiger partial charge in [0.05, 0.1) is 17.6 Å². The predicted octanol–water partition coefficient (Wildman–Crippen LogP) is 4.37. The molecule has 6 heteroatoms. The molecule has 0 aliphatic rings. The number of rotatable bonds is 3. The second-order valence-electron chi connectivity index (χ2n) is 5.48. The summed E-state index contributed by atoms with van der Waals surface area (Å²) in [7, 11) is 0. The molecule has 1 N–H and O–H groups in total. The second-order valence-corrected chi connectivity index (χ2v) is 5.48. The molecule has 0 atom stereocenters. The Balaban J connectivity index is 0.00000131. The lowest BCUT2D eigenvalue weighted by molar-refractivity contribution is 0.477. The van der Waals surface area contributed by atoms with Crippen LogP contribution in [0.1, 0.15) is 8.55 Å². The summed E-state index contributed by atoms with van der Waals surface area (Å²) in [6.07, 6.45) is 1.61. The van der Waals surface area contributed by atoms with Crippen LogP contribution in [0, 0.1) is 6.92 Å². The SMILES string of the molecule is Cc1ncc(-c2ccccc2O)nc1-c1nnc(-c2ccccc2)o1.[HH].[HH]. The second kappa shape index (κ2) is 6.16. The smallest absolute Gasteiger partial charge is 0.268 e. The molecule has 6 nitrogen and oxygen atoms in total. The van der Waals surface area contributed by atoms with E-state index in [-0.39, 0.29) is 8.60 Å². The average molecular weight is 334 g/mol. The molecule has 2 heterocycles. The third-order valence-electron chi connectivity index (χ3n) is 3.78. The Hall–Kier alpha value is -3.54. The van der Waals surface area contributed by atoms with Gasteiger partial charge in [0.2, 0.25) is 5.89 Å². The normalized spacial score (nSPS) is 10.8. The first-order valence-electron chi connectivity index (χ1n) is 7.73. The molecule has 2 aromatic carbocycles. The number of hydrogen-bond donors (Lipinski definition) is 1. The van der Waals surface area contributed by atoms with E-state index in [0.29, 0.717) is 34.4 Å². The monoisotopic (exact) mass is 334 g/mol. The van der Waals surface area contributed by atoms with Crippen molar-refractivity contribution in [1.82, 2.24) is 20.2 Å². The molecule has 0 amide bonds. The summed E-state index contributed by atoms with van der Waals surface area (Å²) in [6.45, 7) is 1.82. The van der Waals surface area contributed by atoms with E-state index in [1.807, 2.05) is 43.3 Å². The van der Waals surface area contributed by atoms with Crippen molar-refractivity contribution >= 4 is 0 Å². The van der Waals surface area contributed by atoms with Crippen LogP contribution in [0.3, 0.4) is 0 Å². The van der Waals surface area contributed by atoms with Crippen LogP contribution in [0.25, 0.3) is 34.3 Å². The van der Waals surface area contributed by atoms with Gasteiger partial charge in [-0.2, -0.15) is 0 Å². The number of phenols is 1. The van der Waals surface area contributed by atoms with E-state index in [1.165, 1.54) is 0 Å². The number of benzene rings is 2. The van der Waals surface area contributed by atoms with Gasteiger partial charge in [0.15, 0.2) is 0 Å². The van der Waals surface area contributed by atoms with Crippen molar-refractivity contribution in [1.29, 1.82) is 0 Å². The van der Waals surface area contributed by atoms with E-state index in [1.54, 1.807) is 24.4 Å². The Bertz CT molecular complexity index is 1040. The number of para-hydroxylation sites is 1. The maximum absolute atomic E-state index is 10.0. The standard InChI is InChI=1S/C19H14N4O2.2H2/c1-12-17(19-23-22-18(25-19)13-7-3-2-4-8-13)21-15(11-20-12)14-9-5-6-10-16(14)24;;/h2-11,24H,1H3;2*1H. The van der Waals surface area contributed by atoms with Gasteiger partial charge in [0.1, 0.15) is 11.4 Å². The first kappa shape index (κ1) is 15.0. The maximum Gasteiger partial charge on any atom is 0.268 e. The summed E-state index contributed by atoms with van der Waals surface area (Å²) in [5.74, 6) is 0.855. The summed E-state index contributed by atoms with van der Waals surface area (Å²) in [6, 6.07) is 16.5. The topological polar surface area (TPSA) is 84.9 Å². The highest BCUT2D eigenvalue weighted by Crippen LogP contribution is 2.30. The fraction of sp³-hybridized carbons (Fsp3) is 0.0526. The zero-order valence-corrected chi connectivity index (χ0v) is 13.4. The molecule has 0 fully saturated rings. The number of aromatic nitrogens is 4. The quantitative estimate of drug-likeness (QED) is 0.599. The number of aryl methyl sites for hydroxylation is 1. The first-order chi connectivity index (χ1) is 12.2. The molecule has 0 aliphatic carbocycles. The lowest BCUT2D eigenvalue weighted by Crippen LogP contribution is -1.95. The molecule has 0 bridgehead atoms. The van der Waals surface area contributed by atoms with Gasteiger partial charge in [-0.05, 0) is 31.2 Å².